The molecule has 13 heavy (non-hydrogen) atoms. The van der Waals surface area contributed by atoms with E-state index in [1.807, 2.05) is 6.08 Å². The summed E-state index contributed by atoms with van der Waals surface area (Å²) in [5, 5.41) is 0. The van der Waals surface area contributed by atoms with Crippen molar-refractivity contribution in [2.75, 3.05) is 19.0 Å². The van der Waals surface area contributed by atoms with Gasteiger partial charge in [-0.2, -0.15) is 0 Å². The summed E-state index contributed by atoms with van der Waals surface area (Å²) in [6.45, 7) is 1.92. The topological polar surface area (TPSA) is 3.24 Å². The van der Waals surface area contributed by atoms with Crippen LogP contribution in [0.4, 0.5) is 0 Å². The lowest BCUT2D eigenvalue weighted by Gasteiger charge is -2.26. The zero-order chi connectivity index (χ0) is 9.52. The van der Waals surface area contributed by atoms with Crippen LogP contribution < -0.4 is 0 Å². The van der Waals surface area contributed by atoms with Gasteiger partial charge in [0, 0.05) is 30.5 Å². The molecule has 1 aliphatic carbocycles. The predicted molar refractivity (Wildman–Crippen MR) is 59.5 cm³/mol. The number of hydrogen-bond acceptors (Lipinski definition) is 1. The van der Waals surface area contributed by atoms with Crippen molar-refractivity contribution in [2.45, 2.75) is 31.7 Å². The highest BCUT2D eigenvalue weighted by Gasteiger charge is 2.20. The summed E-state index contributed by atoms with van der Waals surface area (Å²) in [4.78, 5) is 2.43. The van der Waals surface area contributed by atoms with Crippen molar-refractivity contribution in [1.29, 1.82) is 0 Å². The molecule has 0 bridgehead atoms. The fourth-order valence-electron chi connectivity index (χ4n) is 1.98. The van der Waals surface area contributed by atoms with Crippen molar-refractivity contribution in [3.63, 3.8) is 0 Å². The smallest absolute Gasteiger partial charge is 0.0351 e. The number of hydrogen-bond donors (Lipinski definition) is 0. The van der Waals surface area contributed by atoms with Crippen LogP contribution in [0.1, 0.15) is 25.7 Å². The second kappa shape index (κ2) is 6.69. The van der Waals surface area contributed by atoms with Crippen molar-refractivity contribution in [3.05, 3.63) is 11.6 Å². The van der Waals surface area contributed by atoms with Crippen molar-refractivity contribution in [1.82, 2.24) is 4.90 Å². The van der Waals surface area contributed by atoms with Crippen LogP contribution in [0.25, 0.3) is 0 Å². The van der Waals surface area contributed by atoms with Gasteiger partial charge in [-0.3, -0.25) is 4.90 Å². The molecule has 0 saturated heterocycles. The third-order valence-electron chi connectivity index (χ3n) is 2.64. The molecule has 1 saturated carbocycles. The molecule has 0 aromatic carbocycles. The largest absolute Gasteiger partial charge is 0.296 e. The molecule has 0 heterocycles. The molecule has 0 unspecified atom stereocenters. The highest BCUT2D eigenvalue weighted by Crippen LogP contribution is 2.23. The van der Waals surface area contributed by atoms with E-state index in [0.717, 1.165) is 19.1 Å². The van der Waals surface area contributed by atoms with Crippen LogP contribution in [0.15, 0.2) is 11.6 Å². The molecule has 0 aromatic rings. The SMILES string of the molecule is Cl/C=C/CN(CCCl)C1CCCC1. The molecule has 1 aliphatic rings. The van der Waals surface area contributed by atoms with E-state index in [1.54, 1.807) is 5.54 Å². The summed E-state index contributed by atoms with van der Waals surface area (Å²) in [6, 6.07) is 0.742. The Bertz CT molecular complexity index is 153. The summed E-state index contributed by atoms with van der Waals surface area (Å²) in [5.74, 6) is 0.715. The molecular formula is C10H17Cl2N. The molecule has 0 amide bonds. The Labute approximate surface area is 90.7 Å². The maximum atomic E-state index is 5.75. The maximum Gasteiger partial charge on any atom is 0.0351 e. The zero-order valence-corrected chi connectivity index (χ0v) is 9.40. The third kappa shape index (κ3) is 3.88. The third-order valence-corrected chi connectivity index (χ3v) is 2.99. The number of halogens is 2. The van der Waals surface area contributed by atoms with E-state index in [2.05, 4.69) is 4.90 Å². The monoisotopic (exact) mass is 221 g/mol. The van der Waals surface area contributed by atoms with Gasteiger partial charge >= 0.3 is 0 Å². The van der Waals surface area contributed by atoms with Gasteiger partial charge < -0.3 is 0 Å². The molecule has 3 heteroatoms. The molecule has 0 aliphatic heterocycles. The molecule has 0 spiro atoms. The molecular weight excluding hydrogens is 205 g/mol. The first-order chi connectivity index (χ1) is 6.38. The first kappa shape index (κ1) is 11.4. The molecule has 0 aromatic heterocycles. The van der Waals surface area contributed by atoms with Gasteiger partial charge in [0.2, 0.25) is 0 Å². The van der Waals surface area contributed by atoms with Crippen molar-refractivity contribution < 1.29 is 0 Å². The Morgan fingerprint density at radius 2 is 2.00 bits per heavy atom. The van der Waals surface area contributed by atoms with Crippen molar-refractivity contribution in [2.24, 2.45) is 0 Å². The lowest BCUT2D eigenvalue weighted by molar-refractivity contribution is 0.233. The van der Waals surface area contributed by atoms with Crippen molar-refractivity contribution in [3.8, 4) is 0 Å². The molecule has 0 radical (unpaired) electrons. The lowest BCUT2D eigenvalue weighted by atomic mass is 10.2. The van der Waals surface area contributed by atoms with Crippen LogP contribution in [0, 0.1) is 0 Å². The van der Waals surface area contributed by atoms with E-state index >= 15 is 0 Å². The first-order valence-corrected chi connectivity index (χ1v) is 5.91. The second-order valence-corrected chi connectivity index (χ2v) is 4.11. The van der Waals surface area contributed by atoms with Crippen LogP contribution in [0.2, 0.25) is 0 Å². The van der Waals surface area contributed by atoms with Crippen molar-refractivity contribution >= 4 is 23.2 Å². The fourth-order valence-corrected chi connectivity index (χ4v) is 2.27. The van der Waals surface area contributed by atoms with Gasteiger partial charge in [-0.25, -0.2) is 0 Å². The van der Waals surface area contributed by atoms with Gasteiger partial charge in [-0.15, -0.1) is 11.6 Å². The summed E-state index contributed by atoms with van der Waals surface area (Å²) in [6.07, 6.45) is 7.38. The highest BCUT2D eigenvalue weighted by atomic mass is 35.5. The summed E-state index contributed by atoms with van der Waals surface area (Å²) >= 11 is 11.3. The fraction of sp³-hybridized carbons (Fsp3) is 0.800. The average Bonchev–Trinajstić information content (AvgIpc) is 2.65. The van der Waals surface area contributed by atoms with Gasteiger partial charge in [0.15, 0.2) is 0 Å². The van der Waals surface area contributed by atoms with Gasteiger partial charge in [0.05, 0.1) is 0 Å². The van der Waals surface area contributed by atoms with E-state index in [-0.39, 0.29) is 0 Å². The van der Waals surface area contributed by atoms with E-state index < -0.39 is 0 Å². The molecule has 1 fully saturated rings. The molecule has 76 valence electrons. The molecule has 1 rings (SSSR count). The highest BCUT2D eigenvalue weighted by molar-refractivity contribution is 6.25. The Balaban J connectivity index is 2.35. The Hall–Kier alpha value is 0.280. The van der Waals surface area contributed by atoms with E-state index in [0.29, 0.717) is 5.88 Å². The summed E-state index contributed by atoms with van der Waals surface area (Å²) in [7, 11) is 0. The molecule has 1 nitrogen and oxygen atoms in total. The standard InChI is InChI=1S/C10H17Cl2N/c11-6-3-8-13(9-7-12)10-4-1-2-5-10/h3,6,10H,1-2,4-5,7-9H2/b6-3+. The van der Waals surface area contributed by atoms with Gasteiger partial charge in [0.1, 0.15) is 0 Å². The van der Waals surface area contributed by atoms with E-state index in [1.165, 1.54) is 25.7 Å². The normalized spacial score (nSPS) is 19.3. The Morgan fingerprint density at radius 1 is 1.31 bits per heavy atom. The van der Waals surface area contributed by atoms with Crippen LogP contribution in [0.3, 0.4) is 0 Å². The van der Waals surface area contributed by atoms with Gasteiger partial charge in [-0.1, -0.05) is 30.5 Å². The molecule has 0 N–H and O–H groups in total. The minimum absolute atomic E-state index is 0.715. The summed E-state index contributed by atoms with van der Waals surface area (Å²) < 4.78 is 0. The Kier molecular flexibility index (Phi) is 5.85. The molecule has 0 atom stereocenters. The zero-order valence-electron chi connectivity index (χ0n) is 7.88. The van der Waals surface area contributed by atoms with Gasteiger partial charge in [0.25, 0.3) is 0 Å². The minimum Gasteiger partial charge on any atom is -0.296 e. The minimum atomic E-state index is 0.715. The average molecular weight is 222 g/mol. The lowest BCUT2D eigenvalue weighted by Crippen LogP contribution is -2.34. The van der Waals surface area contributed by atoms with E-state index in [9.17, 15) is 0 Å². The second-order valence-electron chi connectivity index (χ2n) is 3.48. The van der Waals surface area contributed by atoms with E-state index in [4.69, 9.17) is 23.2 Å². The predicted octanol–water partition coefficient (Wildman–Crippen LogP) is 3.22. The first-order valence-electron chi connectivity index (χ1n) is 4.93. The van der Waals surface area contributed by atoms with Crippen LogP contribution in [-0.4, -0.2) is 29.9 Å². The van der Waals surface area contributed by atoms with Crippen LogP contribution in [-0.2, 0) is 0 Å². The van der Waals surface area contributed by atoms with Crippen LogP contribution in [0.5, 0.6) is 0 Å². The van der Waals surface area contributed by atoms with Gasteiger partial charge in [-0.05, 0) is 12.8 Å². The number of alkyl halides is 1. The quantitative estimate of drug-likeness (QED) is 0.645. The van der Waals surface area contributed by atoms with Crippen LogP contribution >= 0.6 is 23.2 Å². The summed E-state index contributed by atoms with van der Waals surface area (Å²) in [5.41, 5.74) is 1.59. The maximum absolute atomic E-state index is 5.75. The Morgan fingerprint density at radius 3 is 2.54 bits per heavy atom. The number of nitrogens with zero attached hydrogens (tertiary/aromatic N) is 1. The number of rotatable bonds is 5.